The van der Waals surface area contributed by atoms with Gasteiger partial charge in [-0.05, 0) is 200 Å². The highest BCUT2D eigenvalue weighted by Crippen LogP contribution is 2.37. The average molecular weight is 1780 g/mol. The number of ketones is 3. The number of amides is 6. The van der Waals surface area contributed by atoms with Gasteiger partial charge >= 0.3 is 18.3 Å². The van der Waals surface area contributed by atoms with E-state index in [0.29, 0.717) is 129 Å². The second kappa shape index (κ2) is 43.8. The van der Waals surface area contributed by atoms with Crippen molar-refractivity contribution in [1.29, 1.82) is 5.26 Å². The van der Waals surface area contributed by atoms with Gasteiger partial charge in [0.05, 0.1) is 27.4 Å². The lowest BCUT2D eigenvalue weighted by molar-refractivity contribution is -0.325. The molecule has 127 heavy (non-hydrogen) atoms. The predicted molar refractivity (Wildman–Crippen MR) is 491 cm³/mol. The number of nitrogens with zero attached hydrogens (tertiary/aromatic N) is 8. The first-order chi connectivity index (χ1) is 60.3. The van der Waals surface area contributed by atoms with Crippen LogP contribution >= 0.6 is 23.5 Å². The number of aromatic nitrogens is 4. The van der Waals surface area contributed by atoms with E-state index in [1.54, 1.807) is 112 Å². The number of carbonyl (C=O) groups is 9. The molecule has 676 valence electrons. The zero-order valence-corrected chi connectivity index (χ0v) is 76.6. The quantitative estimate of drug-likeness (QED) is 0.0109. The summed E-state index contributed by atoms with van der Waals surface area (Å²) in [5.41, 5.74) is 23.0. The third-order valence-electron chi connectivity index (χ3n) is 20.9. The monoisotopic (exact) mass is 1770 g/mol. The van der Waals surface area contributed by atoms with Crippen LogP contribution in [0.25, 0.3) is 11.4 Å². The maximum absolute atomic E-state index is 13.7. The van der Waals surface area contributed by atoms with Crippen LogP contribution in [0.5, 0.6) is 11.8 Å². The minimum absolute atomic E-state index is 0.00833. The van der Waals surface area contributed by atoms with Crippen molar-refractivity contribution in [2.24, 2.45) is 0 Å². The van der Waals surface area contributed by atoms with Gasteiger partial charge in [-0.2, -0.15) is 5.26 Å². The van der Waals surface area contributed by atoms with Gasteiger partial charge < -0.3 is 70.9 Å². The number of rotatable bonds is 21. The van der Waals surface area contributed by atoms with E-state index in [2.05, 4.69) is 37.4 Å². The second-order valence-electron chi connectivity index (χ2n) is 34.9. The van der Waals surface area contributed by atoms with Gasteiger partial charge in [0.15, 0.2) is 0 Å². The average Bonchev–Trinajstić information content (AvgIpc) is 1.47. The van der Waals surface area contributed by atoms with Crippen molar-refractivity contribution in [2.45, 2.75) is 213 Å². The number of anilines is 3. The number of nitriles is 1. The molecule has 6 aliphatic rings. The van der Waals surface area contributed by atoms with E-state index in [0.717, 1.165) is 65.1 Å². The number of ether oxygens (including phenoxy) is 5. The van der Waals surface area contributed by atoms with Crippen molar-refractivity contribution in [3.05, 3.63) is 217 Å². The first-order valence-electron chi connectivity index (χ1n) is 42.8. The Labute approximate surface area is 751 Å². The van der Waals surface area contributed by atoms with E-state index in [9.17, 15) is 48.3 Å². The number of Topliss-reactive ketones (excluding diaryl/α,β-unsaturated/α-hetero) is 1. The predicted octanol–water partition coefficient (Wildman–Crippen LogP) is 14.5. The molecule has 0 spiro atoms. The normalized spacial score (nSPS) is 15.3. The number of nitrogens with two attached hydrogens (primary N) is 2. The van der Waals surface area contributed by atoms with Crippen molar-refractivity contribution >= 4 is 94.2 Å². The molecule has 0 atom stereocenters. The van der Waals surface area contributed by atoms with Crippen molar-refractivity contribution in [1.82, 2.24) is 50.2 Å². The highest BCUT2D eigenvalue weighted by molar-refractivity contribution is 8.21. The molecular weight excluding hydrogens is 1660 g/mol. The Hall–Kier alpha value is -12.2. The number of aliphatic hydroxyl groups excluding tert-OH is 1. The number of aliphatic hydroxyl groups is 1. The van der Waals surface area contributed by atoms with E-state index in [1.807, 2.05) is 150 Å². The lowest BCUT2D eigenvalue weighted by Crippen LogP contribution is -2.56. The molecular formula is C95H120N15O15S2+. The zero-order chi connectivity index (χ0) is 92.2. The van der Waals surface area contributed by atoms with Gasteiger partial charge in [-0.25, -0.2) is 29.2 Å². The van der Waals surface area contributed by atoms with Crippen LogP contribution in [-0.4, -0.2) is 198 Å². The summed E-state index contributed by atoms with van der Waals surface area (Å²) in [6.07, 6.45) is 11.6. The Morgan fingerprint density at radius 1 is 0.449 bits per heavy atom. The SMILES string of the molecule is CC(C)(C)OC(=O)N1CCC(O)CC1.CSC(SC)=C(C#N)C(=O)c1ccccc1.Cc1ccc(C(=O)NC2CC2)cc1-n1nc(OC2CCN(C(=O)OC(C)(C)C)CC2)c(C(=O)c2ccccc2)c1N.Cc1ccc(C(=O)NC2CC2)cc1-n1nc(OC2CCN(C(=O)OC(C)(C)C)CC2)c(C(=O)c2ccccc2)c1N.Cc1ccc(C(=O)NC2CC2)cc1N[NH3+]. The number of quaternary nitrogens is 1. The molecule has 14 rings (SSSR count). The Morgan fingerprint density at radius 3 is 1.07 bits per heavy atom. The first-order valence-corrected chi connectivity index (χ1v) is 45.3. The van der Waals surface area contributed by atoms with Crippen LogP contribution in [-0.2, 0) is 14.2 Å². The lowest BCUT2D eigenvalue weighted by Gasteiger charge is -2.33. The summed E-state index contributed by atoms with van der Waals surface area (Å²) in [6.45, 7) is 25.3. The Balaban J connectivity index is 0.000000180. The molecule has 32 heteroatoms. The van der Waals surface area contributed by atoms with Gasteiger partial charge in [0.1, 0.15) is 63.4 Å². The molecule has 6 fully saturated rings. The summed E-state index contributed by atoms with van der Waals surface area (Å²) in [6, 6.07) is 45.7. The standard InChI is InChI=1S/2C31H37N5O5.C12H11NOS2.C11H15N3O.C10H19NO3/c2*1-19-10-11-21(28(38)33-22-12-13-22)18-24(19)36-27(32)25(26(37)20-8-6-5-7-9-20)29(34-36)40-23-14-16-35(17-15-23)30(39)41-31(2,3)4;1-15-12(16-2)10(8-13)11(14)9-6-4-3-5-7-9;1-7-2-3-8(6-10(7)14-12)11(15)13-9-4-5-9;1-10(2,3)14-9(13)11-6-4-8(12)5-7-11/h2*5-11,18,22-23H,12-17,32H2,1-4H3,(H,33,38);3-7H,1-2H3;2-3,6,9,14H,4-5,12H2,1H3,(H,13,15);8,12H,4-7H2,1-3H3/p+1. The topological polar surface area (TPSA) is 417 Å². The molecule has 3 aliphatic carbocycles. The van der Waals surface area contributed by atoms with Crippen molar-refractivity contribution in [3.63, 3.8) is 0 Å². The fourth-order valence-corrected chi connectivity index (χ4v) is 14.9. The van der Waals surface area contributed by atoms with Crippen molar-refractivity contribution in [3.8, 4) is 29.2 Å². The molecule has 5 heterocycles. The summed E-state index contributed by atoms with van der Waals surface area (Å²) >= 11 is 2.85. The highest BCUT2D eigenvalue weighted by atomic mass is 32.2. The second-order valence-corrected chi connectivity index (χ2v) is 36.8. The van der Waals surface area contributed by atoms with Gasteiger partial charge in [0, 0.05) is 116 Å². The number of nitrogen functional groups attached to an aromatic ring is 2. The van der Waals surface area contributed by atoms with Crippen LogP contribution in [0.4, 0.5) is 31.7 Å². The van der Waals surface area contributed by atoms with E-state index < -0.39 is 16.8 Å². The number of hydrogen-bond donors (Lipinski definition) is 8. The minimum atomic E-state index is -0.574. The molecule has 0 unspecified atom stereocenters. The van der Waals surface area contributed by atoms with Crippen LogP contribution in [0, 0.1) is 32.1 Å². The van der Waals surface area contributed by atoms with Crippen LogP contribution in [0.15, 0.2) is 155 Å². The summed E-state index contributed by atoms with van der Waals surface area (Å²) in [4.78, 5) is 118. The van der Waals surface area contributed by atoms with E-state index in [-0.39, 0.29) is 124 Å². The highest BCUT2D eigenvalue weighted by Gasteiger charge is 2.37. The molecule has 2 aromatic heterocycles. The largest absolute Gasteiger partial charge is 0.473 e. The number of aryl methyl sites for hydroxylation is 3. The molecule has 12 N–H and O–H groups in total. The smallest absolute Gasteiger partial charge is 0.410 e. The number of piperidine rings is 3. The molecule has 0 bridgehead atoms. The summed E-state index contributed by atoms with van der Waals surface area (Å²) in [5, 5.41) is 36.6. The molecule has 3 saturated heterocycles. The van der Waals surface area contributed by atoms with Gasteiger partial charge in [0.2, 0.25) is 29.1 Å². The summed E-state index contributed by atoms with van der Waals surface area (Å²) in [7, 11) is 0. The number of nitrogens with one attached hydrogen (secondary N) is 4. The third kappa shape index (κ3) is 28.2. The lowest BCUT2D eigenvalue weighted by atomic mass is 10.0. The number of likely N-dealkylation sites (tertiary alicyclic amines) is 3. The first kappa shape index (κ1) is 97.0. The van der Waals surface area contributed by atoms with Crippen molar-refractivity contribution < 1.29 is 77.8 Å². The third-order valence-corrected chi connectivity index (χ3v) is 23.1. The maximum atomic E-state index is 13.7. The maximum Gasteiger partial charge on any atom is 0.410 e. The molecule has 0 radical (unpaired) electrons. The van der Waals surface area contributed by atoms with Gasteiger partial charge in [0.25, 0.3) is 17.7 Å². The number of hydrogen-bond acceptors (Lipinski definition) is 23. The van der Waals surface area contributed by atoms with E-state index in [1.165, 1.54) is 32.9 Å². The summed E-state index contributed by atoms with van der Waals surface area (Å²) in [5.74, 6) is 2.98. The Bertz CT molecular complexity index is 5060. The number of benzene rings is 6. The van der Waals surface area contributed by atoms with Gasteiger partial charge in [-0.3, -0.25) is 34.6 Å². The van der Waals surface area contributed by atoms with Crippen molar-refractivity contribution in [2.75, 3.05) is 68.7 Å². The number of carbonyl (C=O) groups excluding carboxylic acids is 9. The van der Waals surface area contributed by atoms with E-state index >= 15 is 0 Å². The molecule has 30 nitrogen and oxygen atoms in total. The summed E-state index contributed by atoms with van der Waals surface area (Å²) < 4.78 is 32.6. The van der Waals surface area contributed by atoms with Gasteiger partial charge in [-0.15, -0.1) is 33.7 Å². The molecule has 8 aromatic rings. The van der Waals surface area contributed by atoms with Crippen LogP contribution < -0.4 is 48.2 Å². The van der Waals surface area contributed by atoms with Crippen LogP contribution in [0.2, 0.25) is 0 Å². The zero-order valence-electron chi connectivity index (χ0n) is 75.0. The Kier molecular flexibility index (Phi) is 33.5. The number of allylic oxidation sites excluding steroid dienone is 1. The molecule has 6 amide bonds. The molecule has 3 aliphatic heterocycles. The fraction of sp³-hybridized carbons (Fsp3) is 0.432. The fourth-order valence-electron chi connectivity index (χ4n) is 13.5. The van der Waals surface area contributed by atoms with Crippen LogP contribution in [0.1, 0.15) is 229 Å². The van der Waals surface area contributed by atoms with Gasteiger partial charge in [-0.1, -0.05) is 109 Å². The number of thioether (sulfide) groups is 2. The Morgan fingerprint density at radius 2 is 0.764 bits per heavy atom. The van der Waals surface area contributed by atoms with Crippen LogP contribution in [0.3, 0.4) is 0 Å². The molecule has 3 saturated carbocycles. The minimum Gasteiger partial charge on any atom is -0.473 e. The molecule has 6 aromatic carbocycles. The van der Waals surface area contributed by atoms with E-state index in [4.69, 9.17) is 40.4 Å².